The van der Waals surface area contributed by atoms with Gasteiger partial charge in [-0.1, -0.05) is 0 Å². The van der Waals surface area contributed by atoms with Crippen LogP contribution in [-0.4, -0.2) is 5.24 Å². The molecule has 0 aliphatic heterocycles. The number of hydrogen-bond donors (Lipinski definition) is 0. The van der Waals surface area contributed by atoms with Crippen molar-refractivity contribution in [2.75, 3.05) is 0 Å². The maximum atomic E-state index is 11.5. The third-order valence-electron chi connectivity index (χ3n) is 3.17. The van der Waals surface area contributed by atoms with Crippen molar-refractivity contribution >= 4 is 16.8 Å². The molecule has 0 fully saturated rings. The van der Waals surface area contributed by atoms with Crippen molar-refractivity contribution in [3.05, 3.63) is 35.9 Å². The molecule has 1 rings (SSSR count). The fraction of sp³-hybridized carbons (Fsp3) is 0.533. The zero-order chi connectivity index (χ0) is 13.4. The van der Waals surface area contributed by atoms with Crippen LogP contribution in [0, 0.1) is 5.92 Å². The summed E-state index contributed by atoms with van der Waals surface area (Å²) in [6.45, 7) is 2.11. The maximum absolute atomic E-state index is 11.5. The summed E-state index contributed by atoms with van der Waals surface area (Å²) in [6.07, 6.45) is 2.82. The fourth-order valence-electron chi connectivity index (χ4n) is 2.24. The van der Waals surface area contributed by atoms with Crippen LogP contribution in [0.3, 0.4) is 0 Å². The Bertz CT molecular complexity index is 353. The second kappa shape index (κ2) is 8.75. The van der Waals surface area contributed by atoms with Crippen molar-refractivity contribution in [2.24, 2.45) is 5.92 Å². The molecule has 0 spiro atoms. The van der Waals surface area contributed by atoms with E-state index in [1.165, 1.54) is 10.8 Å². The molecule has 0 saturated heterocycles. The minimum atomic E-state index is -0.165. The molecule has 0 radical (unpaired) electrons. The molecule has 100 valence electrons. The van der Waals surface area contributed by atoms with Gasteiger partial charge < -0.3 is 0 Å². The molecule has 2 atom stereocenters. The molecule has 0 saturated carbocycles. The van der Waals surface area contributed by atoms with Crippen molar-refractivity contribution in [3.63, 3.8) is 0 Å². The molecule has 0 aliphatic carbocycles. The number of halogens is 1. The number of rotatable bonds is 8. The van der Waals surface area contributed by atoms with E-state index >= 15 is 0 Å². The molecule has 18 heavy (non-hydrogen) atoms. The Morgan fingerprint density at radius 2 is 2.00 bits per heavy atom. The van der Waals surface area contributed by atoms with Gasteiger partial charge in [-0.3, -0.25) is 0 Å². The van der Waals surface area contributed by atoms with E-state index in [4.69, 9.17) is 11.6 Å². The van der Waals surface area contributed by atoms with Crippen LogP contribution >= 0.6 is 11.6 Å². The van der Waals surface area contributed by atoms with E-state index in [0.717, 1.165) is 19.3 Å². The van der Waals surface area contributed by atoms with Crippen molar-refractivity contribution in [2.45, 2.75) is 43.2 Å². The zero-order valence-corrected chi connectivity index (χ0v) is 13.1. The average molecular weight is 305 g/mol. The van der Waals surface area contributed by atoms with Gasteiger partial charge in [0.15, 0.2) is 0 Å². The Kier molecular flexibility index (Phi) is 7.67. The molecule has 0 amide bonds. The van der Waals surface area contributed by atoms with Gasteiger partial charge in [0.2, 0.25) is 0 Å². The van der Waals surface area contributed by atoms with E-state index in [1.807, 2.05) is 6.07 Å². The van der Waals surface area contributed by atoms with Gasteiger partial charge in [0.05, 0.1) is 0 Å². The molecule has 0 heterocycles. The van der Waals surface area contributed by atoms with Crippen LogP contribution in [0.5, 0.6) is 0 Å². The third-order valence-corrected chi connectivity index (χ3v) is 4.62. The molecule has 1 aromatic rings. The van der Waals surface area contributed by atoms with Crippen molar-refractivity contribution in [1.82, 2.24) is 0 Å². The summed E-state index contributed by atoms with van der Waals surface area (Å²) in [7, 11) is 0. The van der Waals surface area contributed by atoms with Gasteiger partial charge in [0.25, 0.3) is 0 Å². The van der Waals surface area contributed by atoms with E-state index in [9.17, 15) is 4.79 Å². The third kappa shape index (κ3) is 5.14. The van der Waals surface area contributed by atoms with E-state index in [2.05, 4.69) is 37.0 Å². The number of hydrogen-bond acceptors (Lipinski definition) is 1. The van der Waals surface area contributed by atoms with E-state index in [0.29, 0.717) is 21.1 Å². The second-order valence-electron chi connectivity index (χ2n) is 4.59. The van der Waals surface area contributed by atoms with Gasteiger partial charge in [-0.2, -0.15) is 0 Å². The molecule has 3 heteroatoms. The summed E-state index contributed by atoms with van der Waals surface area (Å²) in [4.78, 5) is 11.5. The predicted molar refractivity (Wildman–Crippen MR) is 73.7 cm³/mol. The number of carbonyl (C=O) groups excluding carboxylic acids is 1. The molecule has 1 aromatic carbocycles. The normalized spacial score (nSPS) is 14.2. The topological polar surface area (TPSA) is 17.1 Å². The molecule has 0 bridgehead atoms. The van der Waals surface area contributed by atoms with Crippen LogP contribution < -0.4 is 0 Å². The van der Waals surface area contributed by atoms with Crippen LogP contribution in [0.25, 0.3) is 0 Å². The molecule has 1 unspecified atom stereocenters. The standard InChI is InChI=1S/C14H18ClO.CH3.Cr/c1-3-7-13(14(15)16)10-11(2)12-8-5-4-6-9-12;;/h4-6,8-9,11,13H,2-3,7,10H2,1H3;1H3;/t11-,13?;;/m1../s1. The SMILES string of the molecule is CCCC(C[C@@H]([CH2][Cr][CH3])c1ccccc1)C(=O)Cl. The van der Waals surface area contributed by atoms with E-state index < -0.39 is 0 Å². The van der Waals surface area contributed by atoms with Crippen LogP contribution in [-0.2, 0) is 20.0 Å². The van der Waals surface area contributed by atoms with E-state index in [-0.39, 0.29) is 11.2 Å². The Labute approximate surface area is 122 Å². The van der Waals surface area contributed by atoms with Gasteiger partial charge in [-0.25, -0.2) is 0 Å². The molecule has 1 nitrogen and oxygen atoms in total. The molecular weight excluding hydrogens is 284 g/mol. The van der Waals surface area contributed by atoms with Crippen molar-refractivity contribution in [1.29, 1.82) is 0 Å². The molecule has 0 N–H and O–H groups in total. The summed E-state index contributed by atoms with van der Waals surface area (Å²) in [6, 6.07) is 10.5. The van der Waals surface area contributed by atoms with Gasteiger partial charge in [-0.05, 0) is 0 Å². The van der Waals surface area contributed by atoms with Crippen LogP contribution in [0.1, 0.15) is 37.7 Å². The Balaban J connectivity index is 2.76. The first-order chi connectivity index (χ1) is 8.69. The molecule has 0 aromatic heterocycles. The predicted octanol–water partition coefficient (Wildman–Crippen LogP) is 4.89. The summed E-state index contributed by atoms with van der Waals surface area (Å²) in [5.74, 6) is 2.75. The van der Waals surface area contributed by atoms with Gasteiger partial charge in [-0.15, -0.1) is 0 Å². The summed E-state index contributed by atoms with van der Waals surface area (Å²) >= 11 is 6.34. The first kappa shape index (κ1) is 15.8. The summed E-state index contributed by atoms with van der Waals surface area (Å²) in [5.41, 5.74) is 1.35. The van der Waals surface area contributed by atoms with Crippen LogP contribution in [0.4, 0.5) is 0 Å². The number of carbonyl (C=O) groups is 1. The fourth-order valence-corrected chi connectivity index (χ4v) is 3.58. The monoisotopic (exact) mass is 304 g/mol. The quantitative estimate of drug-likeness (QED) is 0.625. The summed E-state index contributed by atoms with van der Waals surface area (Å²) in [5, 5.41) is 1.02. The Morgan fingerprint density at radius 1 is 1.33 bits per heavy atom. The molecular formula is C15H21ClCrO. The Hall–Kier alpha value is -0.288. The first-order valence-corrected chi connectivity index (χ1v) is 8.97. The number of benzene rings is 1. The second-order valence-corrected chi connectivity index (χ2v) is 6.38. The van der Waals surface area contributed by atoms with Crippen molar-refractivity contribution in [3.8, 4) is 0 Å². The van der Waals surface area contributed by atoms with Crippen molar-refractivity contribution < 1.29 is 20.0 Å². The first-order valence-electron chi connectivity index (χ1n) is 6.42. The van der Waals surface area contributed by atoms with Crippen LogP contribution in [0.15, 0.2) is 30.3 Å². The van der Waals surface area contributed by atoms with E-state index in [1.54, 1.807) is 0 Å². The van der Waals surface area contributed by atoms with Crippen LogP contribution in [0.2, 0.25) is 11.1 Å². The minimum absolute atomic E-state index is 0.0178. The summed E-state index contributed by atoms with van der Waals surface area (Å²) < 4.78 is 0. The molecule has 0 aliphatic rings. The zero-order valence-electron chi connectivity index (χ0n) is 11.1. The van der Waals surface area contributed by atoms with Gasteiger partial charge >= 0.3 is 122 Å². The average Bonchev–Trinajstić information content (AvgIpc) is 2.38. The Morgan fingerprint density at radius 3 is 2.50 bits per heavy atom. The van der Waals surface area contributed by atoms with Gasteiger partial charge in [0, 0.05) is 0 Å². The van der Waals surface area contributed by atoms with Gasteiger partial charge in [0.1, 0.15) is 0 Å².